The molecule has 3 heteroatoms. The summed E-state index contributed by atoms with van der Waals surface area (Å²) in [5, 5.41) is 0. The molecule has 0 amide bonds. The summed E-state index contributed by atoms with van der Waals surface area (Å²) < 4.78 is 1.92. The third-order valence-corrected chi connectivity index (χ3v) is 3.01. The predicted molar refractivity (Wildman–Crippen MR) is 69.8 cm³/mol. The fourth-order valence-electron chi connectivity index (χ4n) is 2.18. The van der Waals surface area contributed by atoms with Gasteiger partial charge in [-0.1, -0.05) is 6.07 Å². The molecule has 0 radical (unpaired) electrons. The van der Waals surface area contributed by atoms with Crippen LogP contribution in [0.15, 0.2) is 55.0 Å². The summed E-state index contributed by atoms with van der Waals surface area (Å²) in [4.78, 5) is 16.5. The predicted octanol–water partition coefficient (Wildman–Crippen LogP) is 2.87. The van der Waals surface area contributed by atoms with Gasteiger partial charge in [0.1, 0.15) is 0 Å². The molecule has 3 nitrogen and oxygen atoms in total. The number of nitrogens with zero attached hydrogens (tertiary/aromatic N) is 2. The number of rotatable bonds is 2. The van der Waals surface area contributed by atoms with E-state index >= 15 is 0 Å². The second kappa shape index (κ2) is 4.11. The Morgan fingerprint density at radius 3 is 2.89 bits per heavy atom. The van der Waals surface area contributed by atoms with Gasteiger partial charge in [0, 0.05) is 29.7 Å². The zero-order valence-electron chi connectivity index (χ0n) is 10.00. The molecule has 88 valence electrons. The lowest BCUT2D eigenvalue weighted by atomic mass is 10.1. The van der Waals surface area contributed by atoms with Crippen LogP contribution in [0.4, 0.5) is 0 Å². The summed E-state index contributed by atoms with van der Waals surface area (Å²) >= 11 is 0. The highest BCUT2D eigenvalue weighted by Gasteiger charge is 2.16. The number of carbonyl (C=O) groups is 1. The molecule has 0 fully saturated rings. The number of ketones is 1. The smallest absolute Gasteiger partial charge is 0.211 e. The average Bonchev–Trinajstić information content (AvgIpc) is 2.75. The van der Waals surface area contributed by atoms with Crippen LogP contribution in [0, 0.1) is 6.92 Å². The van der Waals surface area contributed by atoms with Gasteiger partial charge in [0.15, 0.2) is 0 Å². The van der Waals surface area contributed by atoms with Crippen molar-refractivity contribution in [1.29, 1.82) is 0 Å². The molecule has 3 rings (SSSR count). The van der Waals surface area contributed by atoms with Crippen LogP contribution in [0.25, 0.3) is 5.52 Å². The highest BCUT2D eigenvalue weighted by Crippen LogP contribution is 2.18. The summed E-state index contributed by atoms with van der Waals surface area (Å²) in [5.74, 6) is 0.00630. The Morgan fingerprint density at radius 1 is 1.22 bits per heavy atom. The maximum atomic E-state index is 12.5. The van der Waals surface area contributed by atoms with E-state index in [1.807, 2.05) is 41.8 Å². The van der Waals surface area contributed by atoms with E-state index in [0.717, 1.165) is 11.1 Å². The van der Waals surface area contributed by atoms with Crippen molar-refractivity contribution in [3.05, 3.63) is 71.8 Å². The van der Waals surface area contributed by atoms with Crippen molar-refractivity contribution in [2.45, 2.75) is 6.92 Å². The number of carbonyl (C=O) groups excluding carboxylic acids is 1. The van der Waals surface area contributed by atoms with Crippen LogP contribution in [0.2, 0.25) is 0 Å². The fraction of sp³-hybridized carbons (Fsp3) is 0.0667. The second-order valence-corrected chi connectivity index (χ2v) is 4.24. The van der Waals surface area contributed by atoms with Crippen LogP contribution in [-0.2, 0) is 0 Å². The summed E-state index contributed by atoms with van der Waals surface area (Å²) in [6.07, 6.45) is 5.18. The molecule has 18 heavy (non-hydrogen) atoms. The van der Waals surface area contributed by atoms with E-state index in [0.29, 0.717) is 11.3 Å². The molecule has 0 saturated heterocycles. The zero-order valence-corrected chi connectivity index (χ0v) is 10.00. The van der Waals surface area contributed by atoms with Crippen LogP contribution in [0.3, 0.4) is 0 Å². The minimum absolute atomic E-state index is 0.00630. The highest BCUT2D eigenvalue weighted by atomic mass is 16.1. The minimum atomic E-state index is 0.00630. The second-order valence-electron chi connectivity index (χ2n) is 4.24. The molecule has 0 aliphatic rings. The first-order valence-corrected chi connectivity index (χ1v) is 5.79. The number of hydrogen-bond acceptors (Lipinski definition) is 2. The van der Waals surface area contributed by atoms with Gasteiger partial charge in [-0.3, -0.25) is 9.78 Å². The number of fused-ring (bicyclic) bond motifs is 1. The van der Waals surface area contributed by atoms with Crippen molar-refractivity contribution >= 4 is 11.3 Å². The molecule has 0 N–H and O–H groups in total. The third kappa shape index (κ3) is 1.61. The number of aryl methyl sites for hydroxylation is 1. The number of pyridine rings is 2. The summed E-state index contributed by atoms with van der Waals surface area (Å²) in [6, 6.07) is 11.5. The molecule has 0 saturated carbocycles. The molecule has 0 spiro atoms. The monoisotopic (exact) mass is 236 g/mol. The van der Waals surface area contributed by atoms with Gasteiger partial charge < -0.3 is 4.40 Å². The van der Waals surface area contributed by atoms with Gasteiger partial charge in [-0.15, -0.1) is 0 Å². The molecular weight excluding hydrogens is 224 g/mol. The standard InChI is InChI=1S/C15H12N2O/c1-11-9-13-6-2-3-8-17(13)14(11)15(18)12-5-4-7-16-10-12/h2-10H,1H3. The van der Waals surface area contributed by atoms with Gasteiger partial charge >= 0.3 is 0 Å². The van der Waals surface area contributed by atoms with Gasteiger partial charge in [-0.25, -0.2) is 0 Å². The first-order chi connectivity index (χ1) is 8.77. The molecular formula is C15H12N2O. The summed E-state index contributed by atoms with van der Waals surface area (Å²) in [6.45, 7) is 1.95. The molecule has 0 aliphatic heterocycles. The maximum absolute atomic E-state index is 12.5. The molecule has 0 atom stereocenters. The molecule has 0 bridgehead atoms. The Bertz CT molecular complexity index is 714. The van der Waals surface area contributed by atoms with Crippen molar-refractivity contribution in [3.63, 3.8) is 0 Å². The number of aromatic nitrogens is 2. The van der Waals surface area contributed by atoms with Crippen LogP contribution in [0.5, 0.6) is 0 Å². The SMILES string of the molecule is Cc1cc2ccccn2c1C(=O)c1cccnc1. The van der Waals surface area contributed by atoms with Crippen LogP contribution < -0.4 is 0 Å². The third-order valence-electron chi connectivity index (χ3n) is 3.01. The Labute approximate surface area is 105 Å². The molecule has 0 unspecified atom stereocenters. The largest absolute Gasteiger partial charge is 0.313 e. The van der Waals surface area contributed by atoms with Gasteiger partial charge in [-0.2, -0.15) is 0 Å². The van der Waals surface area contributed by atoms with E-state index in [9.17, 15) is 4.79 Å². The van der Waals surface area contributed by atoms with Crippen LogP contribution in [-0.4, -0.2) is 15.2 Å². The molecule has 3 aromatic rings. The lowest BCUT2D eigenvalue weighted by Gasteiger charge is -2.03. The maximum Gasteiger partial charge on any atom is 0.211 e. The summed E-state index contributed by atoms with van der Waals surface area (Å²) in [5.41, 5.74) is 3.33. The van der Waals surface area contributed by atoms with Crippen molar-refractivity contribution in [2.24, 2.45) is 0 Å². The lowest BCUT2D eigenvalue weighted by molar-refractivity contribution is 0.103. The van der Waals surface area contributed by atoms with Crippen molar-refractivity contribution in [1.82, 2.24) is 9.38 Å². The molecule has 0 aromatic carbocycles. The van der Waals surface area contributed by atoms with Crippen LogP contribution >= 0.6 is 0 Å². The first kappa shape index (κ1) is 10.7. The Kier molecular flexibility index (Phi) is 2.45. The van der Waals surface area contributed by atoms with E-state index in [1.165, 1.54) is 0 Å². The van der Waals surface area contributed by atoms with E-state index in [2.05, 4.69) is 4.98 Å². The van der Waals surface area contributed by atoms with Gasteiger partial charge in [0.25, 0.3) is 0 Å². The lowest BCUT2D eigenvalue weighted by Crippen LogP contribution is -2.06. The average molecular weight is 236 g/mol. The van der Waals surface area contributed by atoms with Crippen LogP contribution in [0.1, 0.15) is 21.6 Å². The van der Waals surface area contributed by atoms with Gasteiger partial charge in [0.2, 0.25) is 5.78 Å². The van der Waals surface area contributed by atoms with Gasteiger partial charge in [0.05, 0.1) is 5.69 Å². The molecule has 0 aliphatic carbocycles. The Morgan fingerprint density at radius 2 is 2.11 bits per heavy atom. The van der Waals surface area contributed by atoms with Crippen molar-refractivity contribution in [3.8, 4) is 0 Å². The first-order valence-electron chi connectivity index (χ1n) is 5.79. The quantitative estimate of drug-likeness (QED) is 0.641. The van der Waals surface area contributed by atoms with E-state index in [-0.39, 0.29) is 5.78 Å². The number of hydrogen-bond donors (Lipinski definition) is 0. The fourth-order valence-corrected chi connectivity index (χ4v) is 2.18. The normalized spacial score (nSPS) is 10.7. The van der Waals surface area contributed by atoms with E-state index in [4.69, 9.17) is 0 Å². The zero-order chi connectivity index (χ0) is 12.5. The Hall–Kier alpha value is -2.42. The minimum Gasteiger partial charge on any atom is -0.313 e. The van der Waals surface area contributed by atoms with Gasteiger partial charge in [-0.05, 0) is 42.8 Å². The summed E-state index contributed by atoms with van der Waals surface area (Å²) in [7, 11) is 0. The Balaban J connectivity index is 2.21. The molecule has 3 heterocycles. The van der Waals surface area contributed by atoms with Crippen molar-refractivity contribution < 1.29 is 4.79 Å². The topological polar surface area (TPSA) is 34.4 Å². The highest BCUT2D eigenvalue weighted by molar-refractivity contribution is 6.09. The van der Waals surface area contributed by atoms with E-state index in [1.54, 1.807) is 24.5 Å². The van der Waals surface area contributed by atoms with Crippen molar-refractivity contribution in [2.75, 3.05) is 0 Å². The van der Waals surface area contributed by atoms with E-state index < -0.39 is 0 Å². The molecule has 3 aromatic heterocycles.